The second-order valence-corrected chi connectivity index (χ2v) is 18.3. The maximum atomic E-state index is 5.52. The minimum absolute atomic E-state index is 0.550. The van der Waals surface area contributed by atoms with Gasteiger partial charge in [0.1, 0.15) is 5.01 Å². The van der Waals surface area contributed by atoms with Crippen LogP contribution in [0.4, 0.5) is 0 Å². The van der Waals surface area contributed by atoms with Gasteiger partial charge < -0.3 is 4.57 Å². The van der Waals surface area contributed by atoms with Gasteiger partial charge in [-0.25, -0.2) is 9.97 Å². The Morgan fingerprint density at radius 3 is 1.88 bits per heavy atom. The summed E-state index contributed by atoms with van der Waals surface area (Å²) in [5.74, 6) is 1.75. The van der Waals surface area contributed by atoms with Crippen molar-refractivity contribution in [3.63, 3.8) is 0 Å². The van der Waals surface area contributed by atoms with Gasteiger partial charge in [-0.05, 0) is 71.4 Å². The molecule has 0 unspecified atom stereocenters. The fourth-order valence-electron chi connectivity index (χ4n) is 9.70. The van der Waals surface area contributed by atoms with Gasteiger partial charge >= 0.3 is 0 Å². The zero-order chi connectivity index (χ0) is 41.9. The minimum Gasteiger partial charge on any atom is -0.307 e. The van der Waals surface area contributed by atoms with Crippen LogP contribution in [0.2, 0.25) is 0 Å². The summed E-state index contributed by atoms with van der Waals surface area (Å²) < 4.78 is 8.22. The average molecular weight is 853 g/mol. The maximum Gasteiger partial charge on any atom is 0.238 e. The highest BCUT2D eigenvalue weighted by atomic mass is 32.1. The number of aromatic nitrogens is 6. The monoisotopic (exact) mass is 852 g/mol. The summed E-state index contributed by atoms with van der Waals surface area (Å²) in [4.78, 5) is 21.5. The molecule has 0 radical (unpaired) electrons. The van der Waals surface area contributed by atoms with Gasteiger partial charge in [0.2, 0.25) is 5.95 Å². The van der Waals surface area contributed by atoms with E-state index in [-0.39, 0.29) is 0 Å². The van der Waals surface area contributed by atoms with Crippen LogP contribution in [0.3, 0.4) is 0 Å². The highest BCUT2D eigenvalue weighted by Crippen LogP contribution is 2.43. The number of benzene rings is 9. The van der Waals surface area contributed by atoms with Crippen molar-refractivity contribution in [3.05, 3.63) is 194 Å². The lowest BCUT2D eigenvalue weighted by atomic mass is 10.1. The highest BCUT2D eigenvalue weighted by molar-refractivity contribution is 7.25. The molecule has 0 aliphatic heterocycles. The first-order valence-electron chi connectivity index (χ1n) is 21.3. The first-order valence-corrected chi connectivity index (χ1v) is 22.9. The van der Waals surface area contributed by atoms with E-state index >= 15 is 0 Å². The van der Waals surface area contributed by atoms with Crippen LogP contribution in [-0.2, 0) is 0 Å². The average Bonchev–Trinajstić information content (AvgIpc) is 4.13. The van der Waals surface area contributed by atoms with Crippen LogP contribution in [0.5, 0.6) is 0 Å². The SMILES string of the molecule is c1ccc(-c2nc3cccc(-c4nc(-c5ccc6sc7ccccc7c6c5)nc(-n5c6ccccc6c6ccc7c8ccccc8n(-c8ccc9ccccc9c8)c7c65)n4)c3s2)cc1. The molecule has 0 aliphatic rings. The molecule has 64 heavy (non-hydrogen) atoms. The molecule has 9 aromatic carbocycles. The van der Waals surface area contributed by atoms with Crippen LogP contribution in [0, 0.1) is 0 Å². The standard InChI is InChI=1S/C56H32N6S2/c1-2-14-34(15-3-1)55-57-45-21-12-20-43(52(45)64-55)54-58-53(36-26-30-49-44(32-36)40-19-8-11-24-48(40)63-49)59-56(60-54)62-47-23-10-7-18-39(47)42-29-28-41-38-17-6-9-22-46(38)61(50(41)51(42)62)37-27-25-33-13-4-5-16-35(33)31-37/h1-32H. The van der Waals surface area contributed by atoms with Gasteiger partial charge in [-0.2, -0.15) is 9.97 Å². The van der Waals surface area contributed by atoms with Gasteiger partial charge in [0, 0.05) is 64.1 Å². The molecule has 0 spiro atoms. The molecule has 0 saturated carbocycles. The normalized spacial score (nSPS) is 12.1. The number of para-hydroxylation sites is 2. The number of fused-ring (bicyclic) bond motifs is 12. The van der Waals surface area contributed by atoms with Crippen molar-refractivity contribution in [1.82, 2.24) is 29.1 Å². The van der Waals surface area contributed by atoms with Gasteiger partial charge in [-0.1, -0.05) is 133 Å². The summed E-state index contributed by atoms with van der Waals surface area (Å²) in [5.41, 5.74) is 9.22. The van der Waals surface area contributed by atoms with E-state index in [2.05, 4.69) is 197 Å². The van der Waals surface area contributed by atoms with Crippen molar-refractivity contribution < 1.29 is 0 Å². The number of thiophene rings is 1. The van der Waals surface area contributed by atoms with Gasteiger partial charge in [-0.15, -0.1) is 22.7 Å². The summed E-state index contributed by atoms with van der Waals surface area (Å²) >= 11 is 3.48. The predicted molar refractivity (Wildman–Crippen MR) is 268 cm³/mol. The first-order chi connectivity index (χ1) is 31.7. The van der Waals surface area contributed by atoms with E-state index in [1.54, 1.807) is 11.3 Å². The van der Waals surface area contributed by atoms with E-state index in [4.69, 9.17) is 19.9 Å². The molecule has 0 amide bonds. The van der Waals surface area contributed by atoms with Gasteiger partial charge in [-0.3, -0.25) is 4.57 Å². The highest BCUT2D eigenvalue weighted by Gasteiger charge is 2.24. The number of nitrogens with zero attached hydrogens (tertiary/aromatic N) is 6. The lowest BCUT2D eigenvalue weighted by molar-refractivity contribution is 0.954. The zero-order valence-electron chi connectivity index (χ0n) is 34.0. The van der Waals surface area contributed by atoms with E-state index in [1.165, 1.54) is 36.3 Å². The van der Waals surface area contributed by atoms with Crippen molar-refractivity contribution in [2.75, 3.05) is 0 Å². The van der Waals surface area contributed by atoms with Gasteiger partial charge in [0.15, 0.2) is 11.6 Å². The maximum absolute atomic E-state index is 5.52. The van der Waals surface area contributed by atoms with Gasteiger partial charge in [0.05, 0.1) is 32.3 Å². The summed E-state index contributed by atoms with van der Waals surface area (Å²) in [5, 5.41) is 10.4. The van der Waals surface area contributed by atoms with Gasteiger partial charge in [0.25, 0.3) is 0 Å². The smallest absolute Gasteiger partial charge is 0.238 e. The Hall–Kier alpha value is -8.04. The second kappa shape index (κ2) is 13.7. The number of rotatable bonds is 5. The molecule has 0 aliphatic carbocycles. The fourth-order valence-corrected chi connectivity index (χ4v) is 11.9. The minimum atomic E-state index is 0.550. The summed E-state index contributed by atoms with van der Waals surface area (Å²) in [6.07, 6.45) is 0. The van der Waals surface area contributed by atoms with Crippen LogP contribution in [0.15, 0.2) is 194 Å². The van der Waals surface area contributed by atoms with Crippen LogP contribution >= 0.6 is 22.7 Å². The Balaban J connectivity index is 1.10. The van der Waals surface area contributed by atoms with Crippen LogP contribution in [0.25, 0.3) is 130 Å². The molecule has 0 N–H and O–H groups in total. The molecular formula is C56H32N6S2. The van der Waals surface area contributed by atoms with E-state index < -0.39 is 0 Å². The van der Waals surface area contributed by atoms with E-state index in [0.717, 1.165) is 75.8 Å². The third-order valence-corrected chi connectivity index (χ3v) is 14.9. The molecular weight excluding hydrogens is 821 g/mol. The Kier molecular flexibility index (Phi) is 7.63. The lowest BCUT2D eigenvalue weighted by Gasteiger charge is -2.14. The Labute approximate surface area is 373 Å². The van der Waals surface area contributed by atoms with E-state index in [9.17, 15) is 0 Å². The Morgan fingerprint density at radius 1 is 0.375 bits per heavy atom. The number of hydrogen-bond acceptors (Lipinski definition) is 6. The fraction of sp³-hybridized carbons (Fsp3) is 0. The van der Waals surface area contributed by atoms with Crippen molar-refractivity contribution in [3.8, 4) is 45.0 Å². The van der Waals surface area contributed by atoms with Crippen molar-refractivity contribution in [1.29, 1.82) is 0 Å². The van der Waals surface area contributed by atoms with Crippen molar-refractivity contribution in [2.24, 2.45) is 0 Å². The third-order valence-electron chi connectivity index (χ3n) is 12.6. The second-order valence-electron chi connectivity index (χ2n) is 16.2. The van der Waals surface area contributed by atoms with Crippen LogP contribution < -0.4 is 0 Å². The van der Waals surface area contributed by atoms with Crippen molar-refractivity contribution in [2.45, 2.75) is 0 Å². The predicted octanol–water partition coefficient (Wildman–Crippen LogP) is 15.2. The molecule has 14 aromatic rings. The molecule has 8 heteroatoms. The summed E-state index contributed by atoms with van der Waals surface area (Å²) in [7, 11) is 0. The quantitative estimate of drug-likeness (QED) is 0.173. The molecule has 5 heterocycles. The summed E-state index contributed by atoms with van der Waals surface area (Å²) in [6.45, 7) is 0. The van der Waals surface area contributed by atoms with E-state index in [1.807, 2.05) is 17.4 Å². The largest absolute Gasteiger partial charge is 0.307 e. The Morgan fingerprint density at radius 2 is 1.05 bits per heavy atom. The van der Waals surface area contributed by atoms with Crippen LogP contribution in [-0.4, -0.2) is 29.1 Å². The summed E-state index contributed by atoms with van der Waals surface area (Å²) in [6, 6.07) is 69.1. The third kappa shape index (κ3) is 5.30. The van der Waals surface area contributed by atoms with Crippen LogP contribution in [0.1, 0.15) is 0 Å². The lowest BCUT2D eigenvalue weighted by Crippen LogP contribution is -2.07. The van der Waals surface area contributed by atoms with Crippen molar-refractivity contribution >= 4 is 107 Å². The Bertz CT molecular complexity index is 4210. The number of hydrogen-bond donors (Lipinski definition) is 0. The van der Waals surface area contributed by atoms with E-state index in [0.29, 0.717) is 17.6 Å². The molecule has 0 saturated heterocycles. The molecule has 5 aromatic heterocycles. The zero-order valence-corrected chi connectivity index (χ0v) is 35.6. The topological polar surface area (TPSA) is 61.4 Å². The molecule has 0 bridgehead atoms. The molecule has 6 nitrogen and oxygen atoms in total. The number of thiazole rings is 1. The molecule has 0 fully saturated rings. The first kappa shape index (κ1) is 35.5. The molecule has 14 rings (SSSR count). The molecule has 298 valence electrons. The molecule has 0 atom stereocenters.